The molecule has 0 fully saturated rings. The van der Waals surface area contributed by atoms with Gasteiger partial charge in [-0.25, -0.2) is 0 Å². The van der Waals surface area contributed by atoms with E-state index in [1.54, 1.807) is 0 Å². The van der Waals surface area contributed by atoms with E-state index in [1.807, 2.05) is 0 Å². The van der Waals surface area contributed by atoms with Crippen molar-refractivity contribution in [3.05, 3.63) is 11.8 Å². The minimum atomic E-state index is -5.42. The first kappa shape index (κ1) is 24.5. The molecule has 0 atom stereocenters. The molecule has 20 heavy (non-hydrogen) atoms. The summed E-state index contributed by atoms with van der Waals surface area (Å²) in [6.45, 7) is 9.42. The number of allylic oxidation sites excluding steroid dienone is 2. The Kier molecular flexibility index (Phi) is 10.7. The number of alkyl halides is 6. The van der Waals surface area contributed by atoms with Gasteiger partial charge in [-0.1, -0.05) is 32.6 Å². The summed E-state index contributed by atoms with van der Waals surface area (Å²) in [5.74, 6) is -5.34. The van der Waals surface area contributed by atoms with Crippen molar-refractivity contribution in [2.45, 2.75) is 45.0 Å². The van der Waals surface area contributed by atoms with Gasteiger partial charge >= 0.3 is 12.4 Å². The molecule has 0 aromatic carbocycles. The largest absolute Gasteiger partial charge is 0.504 e. The molecule has 0 spiro atoms. The third kappa shape index (κ3) is 13.9. The molecule has 0 saturated heterocycles. The maximum atomic E-state index is 11.4. The van der Waals surface area contributed by atoms with E-state index < -0.39 is 38.0 Å². The Morgan fingerprint density at radius 1 is 1.05 bits per heavy atom. The third-order valence-electron chi connectivity index (χ3n) is 1.90. The van der Waals surface area contributed by atoms with Gasteiger partial charge < -0.3 is 5.11 Å². The van der Waals surface area contributed by atoms with Crippen molar-refractivity contribution in [1.29, 1.82) is 0 Å². The molecule has 0 aromatic rings. The molecule has 125 valence electrons. The normalized spacial score (nSPS) is 13.0. The van der Waals surface area contributed by atoms with Crippen molar-refractivity contribution in [1.82, 2.24) is 0 Å². The summed E-state index contributed by atoms with van der Waals surface area (Å²) >= 11 is 0. The maximum absolute atomic E-state index is 11.4. The number of hydrogen-bond donors (Lipinski definition) is 1. The van der Waals surface area contributed by atoms with E-state index >= 15 is 0 Å². The van der Waals surface area contributed by atoms with Gasteiger partial charge in [0.15, 0.2) is 0 Å². The number of aliphatic hydroxyl groups excluding tert-OH is 1. The molecule has 0 saturated carbocycles. The number of rotatable bonds is 2. The quantitative estimate of drug-likeness (QED) is 0.336. The van der Waals surface area contributed by atoms with Crippen LogP contribution in [0.4, 0.5) is 26.3 Å². The minimum absolute atomic E-state index is 0. The Balaban J connectivity index is -0.000000352. The molecule has 0 rings (SSSR count). The van der Waals surface area contributed by atoms with Crippen molar-refractivity contribution in [2.24, 2.45) is 0 Å². The summed E-state index contributed by atoms with van der Waals surface area (Å²) in [5, 5.41) is 7.93. The Morgan fingerprint density at radius 3 is 1.50 bits per heavy atom. The molecule has 1 N–H and O–H groups in total. The van der Waals surface area contributed by atoms with Gasteiger partial charge in [0.1, 0.15) is 0 Å². The second kappa shape index (κ2) is 8.73. The van der Waals surface area contributed by atoms with Crippen LogP contribution in [0.2, 0.25) is 25.7 Å². The molecule has 2 nitrogen and oxygen atoms in total. The van der Waals surface area contributed by atoms with Crippen LogP contribution in [-0.2, 0) is 21.9 Å². The number of aliphatic hydroxyl groups is 1. The summed E-state index contributed by atoms with van der Waals surface area (Å²) in [4.78, 5) is 9.86. The van der Waals surface area contributed by atoms with Crippen LogP contribution in [-0.4, -0.2) is 31.3 Å². The zero-order valence-electron chi connectivity index (χ0n) is 11.2. The predicted octanol–water partition coefficient (Wildman–Crippen LogP) is 4.46. The molecule has 0 amide bonds. The van der Waals surface area contributed by atoms with Crippen LogP contribution >= 0.6 is 0 Å². The van der Waals surface area contributed by atoms with Gasteiger partial charge in [-0.15, -0.1) is 0 Å². The molecule has 0 aliphatic rings. The predicted molar refractivity (Wildman–Crippen MR) is 61.7 cm³/mol. The zero-order valence-corrected chi connectivity index (χ0v) is 13.2. The van der Waals surface area contributed by atoms with Crippen LogP contribution in [0.15, 0.2) is 11.8 Å². The van der Waals surface area contributed by atoms with Crippen LogP contribution in [0.25, 0.3) is 0 Å². The van der Waals surface area contributed by atoms with Gasteiger partial charge in [0.05, 0.1) is 0 Å². The number of carbonyl (C=O) groups is 1. The topological polar surface area (TPSA) is 37.3 Å². The van der Waals surface area contributed by atoms with Crippen molar-refractivity contribution in [2.75, 3.05) is 0 Å². The van der Waals surface area contributed by atoms with Gasteiger partial charge in [0.25, 0.3) is 5.78 Å². The fourth-order valence-corrected chi connectivity index (χ4v) is 0.288. The SMILES string of the molecule is CC[Si](C)(C)C.O=C(/C=C(\O)C(F)(F)F)C(F)(F)F.[Cu]. The molecular formula is C10H16CuF6O2Si. The summed E-state index contributed by atoms with van der Waals surface area (Å²) in [5.41, 5.74) is 0. The molecule has 0 aromatic heterocycles. The number of ketones is 1. The summed E-state index contributed by atoms with van der Waals surface area (Å²) in [6, 6.07) is 1.41. The van der Waals surface area contributed by atoms with Gasteiger partial charge in [-0.3, -0.25) is 4.79 Å². The molecule has 0 aliphatic heterocycles. The number of hydrogen-bond acceptors (Lipinski definition) is 2. The first-order valence-corrected chi connectivity index (χ1v) is 8.91. The van der Waals surface area contributed by atoms with Crippen molar-refractivity contribution in [3.8, 4) is 0 Å². The summed E-state index contributed by atoms with van der Waals surface area (Å²) < 4.78 is 68.1. The van der Waals surface area contributed by atoms with E-state index in [4.69, 9.17) is 5.11 Å². The molecule has 0 unspecified atom stereocenters. The first-order valence-electron chi connectivity index (χ1n) is 5.20. The Bertz CT molecular complexity index is 330. The Morgan fingerprint density at radius 2 is 1.35 bits per heavy atom. The summed E-state index contributed by atoms with van der Waals surface area (Å²) in [6.07, 6.45) is -11.7. The monoisotopic (exact) mass is 373 g/mol. The smallest absolute Gasteiger partial charge is 0.454 e. The molecule has 0 aliphatic carbocycles. The van der Waals surface area contributed by atoms with E-state index in [2.05, 4.69) is 26.6 Å². The molecule has 0 heterocycles. The summed E-state index contributed by atoms with van der Waals surface area (Å²) in [7, 11) is -0.631. The second-order valence-corrected chi connectivity index (χ2v) is 10.6. The Hall–Kier alpha value is -0.474. The van der Waals surface area contributed by atoms with Gasteiger partial charge in [-0.05, 0) is 0 Å². The standard InChI is InChI=1S/C5H2F6O2.C5H14Si.Cu/c6-4(7,8)2(12)1-3(13)5(9,10)11;1-5-6(2,3)4;/h1,12H;5H2,1-4H3;/b2-1-;;. The van der Waals surface area contributed by atoms with Crippen molar-refractivity contribution >= 4 is 13.9 Å². The maximum Gasteiger partial charge on any atom is 0.454 e. The molecular weight excluding hydrogens is 358 g/mol. The first-order chi connectivity index (χ1) is 8.11. The van der Waals surface area contributed by atoms with Gasteiger partial charge in [-0.2, -0.15) is 26.3 Å². The van der Waals surface area contributed by atoms with Crippen LogP contribution in [0.5, 0.6) is 0 Å². The van der Waals surface area contributed by atoms with E-state index in [1.165, 1.54) is 6.04 Å². The Labute approximate surface area is 124 Å². The van der Waals surface area contributed by atoms with Gasteiger partial charge in [0, 0.05) is 31.2 Å². The van der Waals surface area contributed by atoms with Gasteiger partial charge in [0.2, 0.25) is 5.76 Å². The van der Waals surface area contributed by atoms with Crippen LogP contribution in [0.3, 0.4) is 0 Å². The van der Waals surface area contributed by atoms with E-state index in [0.29, 0.717) is 0 Å². The van der Waals surface area contributed by atoms with Crippen LogP contribution in [0, 0.1) is 0 Å². The number of halogens is 6. The zero-order chi connectivity index (χ0) is 16.1. The average Bonchev–Trinajstić information content (AvgIpc) is 2.14. The van der Waals surface area contributed by atoms with Crippen molar-refractivity contribution < 1.29 is 53.3 Å². The molecule has 1 radical (unpaired) electrons. The van der Waals surface area contributed by atoms with E-state index in [0.717, 1.165) is 0 Å². The fraction of sp³-hybridized carbons (Fsp3) is 0.700. The van der Waals surface area contributed by atoms with E-state index in [-0.39, 0.29) is 17.1 Å². The second-order valence-electron chi connectivity index (χ2n) is 4.80. The molecule has 0 bridgehead atoms. The van der Waals surface area contributed by atoms with Crippen LogP contribution in [0.1, 0.15) is 6.92 Å². The fourth-order valence-electron chi connectivity index (χ4n) is 0.288. The minimum Gasteiger partial charge on any atom is -0.504 e. The van der Waals surface area contributed by atoms with E-state index in [9.17, 15) is 31.1 Å². The average molecular weight is 374 g/mol. The van der Waals surface area contributed by atoms with Crippen LogP contribution < -0.4 is 0 Å². The number of carbonyl (C=O) groups excluding carboxylic acids is 1. The third-order valence-corrected chi connectivity index (χ3v) is 4.02. The molecule has 10 heteroatoms. The van der Waals surface area contributed by atoms with Crippen molar-refractivity contribution in [3.63, 3.8) is 0 Å².